The van der Waals surface area contributed by atoms with E-state index in [2.05, 4.69) is 4.90 Å². The monoisotopic (exact) mass is 260 g/mol. The highest BCUT2D eigenvalue weighted by Gasteiger charge is 2.40. The van der Waals surface area contributed by atoms with Gasteiger partial charge >= 0.3 is 5.97 Å². The van der Waals surface area contributed by atoms with Crippen LogP contribution in [0.2, 0.25) is 0 Å². The summed E-state index contributed by atoms with van der Waals surface area (Å²) in [5.41, 5.74) is 7.77. The number of ether oxygens (including phenoxy) is 1. The van der Waals surface area contributed by atoms with Crippen molar-refractivity contribution in [2.45, 2.75) is 43.8 Å². The molecule has 102 valence electrons. The lowest BCUT2D eigenvalue weighted by Gasteiger charge is -2.40. The van der Waals surface area contributed by atoms with Gasteiger partial charge in [-0.05, 0) is 37.8 Å². The Morgan fingerprint density at radius 1 is 1.26 bits per heavy atom. The Morgan fingerprint density at radius 3 is 2.53 bits per heavy atom. The van der Waals surface area contributed by atoms with E-state index in [1.807, 2.05) is 24.3 Å². The van der Waals surface area contributed by atoms with Crippen LogP contribution in [-0.2, 0) is 4.74 Å². The van der Waals surface area contributed by atoms with E-state index < -0.39 is 0 Å². The standard InChI is InChI=1S/C15H20N2O2/c1-19-15(18)13-4-2-3-5-14(13)17-11-6-7-12(17)9-10(16)8-11/h2-5,10-12H,6-9,16H2,1H3. The molecule has 19 heavy (non-hydrogen) atoms. The van der Waals surface area contributed by atoms with Crippen LogP contribution in [0.15, 0.2) is 24.3 Å². The molecule has 4 heteroatoms. The molecule has 2 aliphatic rings. The quantitative estimate of drug-likeness (QED) is 0.826. The summed E-state index contributed by atoms with van der Waals surface area (Å²) >= 11 is 0. The van der Waals surface area contributed by atoms with Crippen molar-refractivity contribution in [1.29, 1.82) is 0 Å². The molecular weight excluding hydrogens is 240 g/mol. The summed E-state index contributed by atoms with van der Waals surface area (Å²) in [5, 5.41) is 0. The average molecular weight is 260 g/mol. The second-order valence-corrected chi connectivity index (χ2v) is 5.53. The van der Waals surface area contributed by atoms with Gasteiger partial charge in [-0.25, -0.2) is 4.79 Å². The van der Waals surface area contributed by atoms with Gasteiger partial charge in [0.2, 0.25) is 0 Å². The molecule has 0 aliphatic carbocycles. The first-order valence-electron chi connectivity index (χ1n) is 6.92. The van der Waals surface area contributed by atoms with Crippen molar-refractivity contribution in [1.82, 2.24) is 0 Å². The van der Waals surface area contributed by atoms with Crippen LogP contribution >= 0.6 is 0 Å². The van der Waals surface area contributed by atoms with Crippen molar-refractivity contribution in [2.75, 3.05) is 12.0 Å². The Hall–Kier alpha value is -1.55. The lowest BCUT2D eigenvalue weighted by Crippen LogP contribution is -2.48. The number of benzene rings is 1. The van der Waals surface area contributed by atoms with Crippen molar-refractivity contribution < 1.29 is 9.53 Å². The molecule has 2 N–H and O–H groups in total. The predicted octanol–water partition coefficient (Wildman–Crippen LogP) is 1.93. The molecule has 2 heterocycles. The molecule has 3 rings (SSSR count). The van der Waals surface area contributed by atoms with Gasteiger partial charge in [-0.3, -0.25) is 0 Å². The third-order valence-electron chi connectivity index (χ3n) is 4.36. The van der Waals surface area contributed by atoms with Crippen LogP contribution in [0, 0.1) is 0 Å². The van der Waals surface area contributed by atoms with Gasteiger partial charge in [0.25, 0.3) is 0 Å². The van der Waals surface area contributed by atoms with E-state index in [-0.39, 0.29) is 5.97 Å². The molecule has 1 aromatic rings. The number of rotatable bonds is 2. The van der Waals surface area contributed by atoms with E-state index in [9.17, 15) is 4.79 Å². The fraction of sp³-hybridized carbons (Fsp3) is 0.533. The highest BCUT2D eigenvalue weighted by atomic mass is 16.5. The Balaban J connectivity index is 1.97. The highest BCUT2D eigenvalue weighted by Crippen LogP contribution is 2.40. The molecule has 2 aliphatic heterocycles. The number of nitrogens with two attached hydrogens (primary N) is 1. The summed E-state index contributed by atoms with van der Waals surface area (Å²) in [6, 6.07) is 8.98. The topological polar surface area (TPSA) is 55.6 Å². The molecule has 2 saturated heterocycles. The summed E-state index contributed by atoms with van der Waals surface area (Å²) in [4.78, 5) is 14.3. The molecule has 2 atom stereocenters. The van der Waals surface area contributed by atoms with E-state index in [1.54, 1.807) is 0 Å². The molecule has 0 amide bonds. The lowest BCUT2D eigenvalue weighted by molar-refractivity contribution is 0.0601. The molecule has 0 saturated carbocycles. The number of fused-ring (bicyclic) bond motifs is 2. The van der Waals surface area contributed by atoms with Gasteiger partial charge in [0.15, 0.2) is 0 Å². The van der Waals surface area contributed by atoms with Crippen molar-refractivity contribution in [3.63, 3.8) is 0 Å². The van der Waals surface area contributed by atoms with E-state index in [0.717, 1.165) is 18.5 Å². The van der Waals surface area contributed by atoms with E-state index in [0.29, 0.717) is 23.7 Å². The van der Waals surface area contributed by atoms with E-state index in [4.69, 9.17) is 10.5 Å². The normalized spacial score (nSPS) is 29.4. The minimum absolute atomic E-state index is 0.259. The first-order chi connectivity index (χ1) is 9.20. The number of para-hydroxylation sites is 1. The van der Waals surface area contributed by atoms with Crippen molar-refractivity contribution in [3.8, 4) is 0 Å². The van der Waals surface area contributed by atoms with Gasteiger partial charge in [-0.15, -0.1) is 0 Å². The maximum atomic E-state index is 11.9. The summed E-state index contributed by atoms with van der Waals surface area (Å²) < 4.78 is 4.89. The second kappa shape index (κ2) is 4.85. The average Bonchev–Trinajstić information content (AvgIpc) is 2.70. The zero-order valence-corrected chi connectivity index (χ0v) is 11.2. The fourth-order valence-electron chi connectivity index (χ4n) is 3.59. The summed E-state index contributed by atoms with van der Waals surface area (Å²) in [6.07, 6.45) is 4.39. The smallest absolute Gasteiger partial charge is 0.339 e. The predicted molar refractivity (Wildman–Crippen MR) is 74.3 cm³/mol. The lowest BCUT2D eigenvalue weighted by atomic mass is 9.96. The first-order valence-corrected chi connectivity index (χ1v) is 6.92. The molecule has 0 spiro atoms. The molecular formula is C15H20N2O2. The third-order valence-corrected chi connectivity index (χ3v) is 4.36. The van der Waals surface area contributed by atoms with Crippen LogP contribution in [0.5, 0.6) is 0 Å². The van der Waals surface area contributed by atoms with Crippen LogP contribution in [0.3, 0.4) is 0 Å². The molecule has 2 unspecified atom stereocenters. The minimum atomic E-state index is -0.259. The number of hydrogen-bond acceptors (Lipinski definition) is 4. The van der Waals surface area contributed by atoms with Crippen LogP contribution in [0.4, 0.5) is 5.69 Å². The van der Waals surface area contributed by atoms with Gasteiger partial charge in [0.1, 0.15) is 0 Å². The minimum Gasteiger partial charge on any atom is -0.465 e. The number of piperidine rings is 1. The zero-order valence-electron chi connectivity index (χ0n) is 11.2. The van der Waals surface area contributed by atoms with Crippen molar-refractivity contribution >= 4 is 11.7 Å². The van der Waals surface area contributed by atoms with Gasteiger partial charge in [-0.1, -0.05) is 12.1 Å². The molecule has 0 aromatic heterocycles. The van der Waals surface area contributed by atoms with E-state index >= 15 is 0 Å². The Bertz CT molecular complexity index is 475. The fourth-order valence-corrected chi connectivity index (χ4v) is 3.59. The molecule has 1 aromatic carbocycles. The van der Waals surface area contributed by atoms with Gasteiger partial charge < -0.3 is 15.4 Å². The van der Waals surface area contributed by atoms with Gasteiger partial charge in [-0.2, -0.15) is 0 Å². The van der Waals surface area contributed by atoms with Crippen LogP contribution in [-0.4, -0.2) is 31.2 Å². The Labute approximate surface area is 113 Å². The number of methoxy groups -OCH3 is 1. The summed E-state index contributed by atoms with van der Waals surface area (Å²) in [5.74, 6) is -0.259. The molecule has 2 bridgehead atoms. The van der Waals surface area contributed by atoms with Crippen LogP contribution in [0.25, 0.3) is 0 Å². The largest absolute Gasteiger partial charge is 0.465 e. The molecule has 4 nitrogen and oxygen atoms in total. The number of carbonyl (C=O) groups is 1. The number of nitrogens with zero attached hydrogens (tertiary/aromatic N) is 1. The maximum Gasteiger partial charge on any atom is 0.339 e. The first kappa shape index (κ1) is 12.5. The molecule has 2 fully saturated rings. The van der Waals surface area contributed by atoms with Crippen molar-refractivity contribution in [2.24, 2.45) is 5.73 Å². The number of anilines is 1. The second-order valence-electron chi connectivity index (χ2n) is 5.53. The molecule has 0 radical (unpaired) electrons. The highest BCUT2D eigenvalue weighted by molar-refractivity contribution is 5.96. The summed E-state index contributed by atoms with van der Waals surface area (Å²) in [7, 11) is 1.43. The third kappa shape index (κ3) is 2.10. The number of carbonyl (C=O) groups excluding carboxylic acids is 1. The SMILES string of the molecule is COC(=O)c1ccccc1N1C2CCC1CC(N)C2. The van der Waals surface area contributed by atoms with Gasteiger partial charge in [0.05, 0.1) is 18.4 Å². The number of hydrogen-bond donors (Lipinski definition) is 1. The van der Waals surface area contributed by atoms with Crippen LogP contribution in [0.1, 0.15) is 36.0 Å². The zero-order chi connectivity index (χ0) is 13.4. The van der Waals surface area contributed by atoms with Crippen LogP contribution < -0.4 is 10.6 Å². The Kier molecular flexibility index (Phi) is 3.19. The Morgan fingerprint density at radius 2 is 1.89 bits per heavy atom. The van der Waals surface area contributed by atoms with Gasteiger partial charge in [0, 0.05) is 18.1 Å². The number of esters is 1. The van der Waals surface area contributed by atoms with Crippen molar-refractivity contribution in [3.05, 3.63) is 29.8 Å². The maximum absolute atomic E-state index is 11.9. The van der Waals surface area contributed by atoms with E-state index in [1.165, 1.54) is 20.0 Å². The summed E-state index contributed by atoms with van der Waals surface area (Å²) in [6.45, 7) is 0.